The van der Waals surface area contributed by atoms with Gasteiger partial charge in [-0.25, -0.2) is 0 Å². The molecule has 112 valence electrons. The Morgan fingerprint density at radius 3 is 2.53 bits per heavy atom. The lowest BCUT2D eigenvalue weighted by Gasteiger charge is -2.45. The van der Waals surface area contributed by atoms with Gasteiger partial charge in [0.25, 0.3) is 0 Å². The summed E-state index contributed by atoms with van der Waals surface area (Å²) in [5.41, 5.74) is 0.470. The van der Waals surface area contributed by atoms with Crippen molar-refractivity contribution in [3.8, 4) is 0 Å². The van der Waals surface area contributed by atoms with Crippen molar-refractivity contribution in [2.75, 3.05) is 20.1 Å². The van der Waals surface area contributed by atoms with Crippen LogP contribution in [-0.2, 0) is 0 Å². The van der Waals surface area contributed by atoms with Crippen molar-refractivity contribution in [1.29, 1.82) is 0 Å². The van der Waals surface area contributed by atoms with Crippen molar-refractivity contribution in [2.45, 2.75) is 77.8 Å². The van der Waals surface area contributed by atoms with Crippen LogP contribution in [0.1, 0.15) is 65.7 Å². The lowest BCUT2D eigenvalue weighted by molar-refractivity contribution is 0.0804. The molecule has 2 atom stereocenters. The third-order valence-electron chi connectivity index (χ3n) is 5.35. The lowest BCUT2D eigenvalue weighted by atomic mass is 9.68. The van der Waals surface area contributed by atoms with Crippen LogP contribution in [0.15, 0.2) is 0 Å². The average molecular weight is 266 g/mol. The maximum atomic E-state index is 3.64. The zero-order chi connectivity index (χ0) is 13.9. The quantitative estimate of drug-likeness (QED) is 0.756. The zero-order valence-electron chi connectivity index (χ0n) is 13.5. The van der Waals surface area contributed by atoms with Gasteiger partial charge < -0.3 is 10.2 Å². The monoisotopic (exact) mass is 266 g/mol. The van der Waals surface area contributed by atoms with Crippen molar-refractivity contribution in [1.82, 2.24) is 10.2 Å². The number of nitrogens with zero attached hydrogens (tertiary/aromatic N) is 1. The number of rotatable bonds is 7. The first-order valence-corrected chi connectivity index (χ1v) is 8.49. The van der Waals surface area contributed by atoms with E-state index in [0.29, 0.717) is 11.5 Å². The summed E-state index contributed by atoms with van der Waals surface area (Å²) in [5.74, 6) is 0.853. The fraction of sp³-hybridized carbons (Fsp3) is 1.00. The van der Waals surface area contributed by atoms with Crippen LogP contribution in [0.25, 0.3) is 0 Å². The summed E-state index contributed by atoms with van der Waals surface area (Å²) in [6, 6.07) is 1.62. The Morgan fingerprint density at radius 2 is 1.95 bits per heavy atom. The predicted molar refractivity (Wildman–Crippen MR) is 83.5 cm³/mol. The first-order valence-electron chi connectivity index (χ1n) is 8.49. The molecular formula is C17H34N2. The molecular weight excluding hydrogens is 232 g/mol. The van der Waals surface area contributed by atoms with Crippen LogP contribution in [-0.4, -0.2) is 37.1 Å². The van der Waals surface area contributed by atoms with Gasteiger partial charge in [0, 0.05) is 18.6 Å². The van der Waals surface area contributed by atoms with Crippen molar-refractivity contribution < 1.29 is 0 Å². The molecule has 0 aromatic carbocycles. The highest BCUT2D eigenvalue weighted by Gasteiger charge is 2.40. The Labute approximate surface area is 120 Å². The molecule has 19 heavy (non-hydrogen) atoms. The van der Waals surface area contributed by atoms with Gasteiger partial charge in [0.15, 0.2) is 0 Å². The number of unbranched alkanes of at least 4 members (excludes halogenated alkanes) is 1. The van der Waals surface area contributed by atoms with E-state index < -0.39 is 0 Å². The SMILES string of the molecule is CCCCN(CC1CCCC(C)(C)C1NC)C1CC1. The predicted octanol–water partition coefficient (Wildman–Crippen LogP) is 3.67. The summed E-state index contributed by atoms with van der Waals surface area (Å²) < 4.78 is 0. The first kappa shape index (κ1) is 15.3. The van der Waals surface area contributed by atoms with E-state index in [1.165, 1.54) is 58.0 Å². The van der Waals surface area contributed by atoms with Gasteiger partial charge in [0.05, 0.1) is 0 Å². The lowest BCUT2D eigenvalue weighted by Crippen LogP contribution is -2.52. The van der Waals surface area contributed by atoms with Crippen LogP contribution in [0.5, 0.6) is 0 Å². The van der Waals surface area contributed by atoms with Gasteiger partial charge in [-0.05, 0) is 57.0 Å². The van der Waals surface area contributed by atoms with Crippen LogP contribution >= 0.6 is 0 Å². The molecule has 0 heterocycles. The molecule has 2 aliphatic rings. The third kappa shape index (κ3) is 3.95. The molecule has 0 amide bonds. The molecule has 2 aliphatic carbocycles. The molecule has 2 heteroatoms. The Hall–Kier alpha value is -0.0800. The molecule has 0 saturated heterocycles. The van der Waals surface area contributed by atoms with E-state index in [0.717, 1.165) is 12.0 Å². The molecule has 0 bridgehead atoms. The van der Waals surface area contributed by atoms with Gasteiger partial charge in [-0.1, -0.05) is 33.6 Å². The first-order chi connectivity index (χ1) is 9.08. The van der Waals surface area contributed by atoms with Crippen LogP contribution in [0.2, 0.25) is 0 Å². The fourth-order valence-electron chi connectivity index (χ4n) is 4.13. The summed E-state index contributed by atoms with van der Waals surface area (Å²) >= 11 is 0. The Balaban J connectivity index is 1.94. The van der Waals surface area contributed by atoms with Gasteiger partial charge in [-0.3, -0.25) is 0 Å². The second-order valence-corrected chi connectivity index (χ2v) is 7.49. The minimum absolute atomic E-state index is 0.470. The van der Waals surface area contributed by atoms with Gasteiger partial charge in [0.2, 0.25) is 0 Å². The van der Waals surface area contributed by atoms with Crippen LogP contribution in [0.3, 0.4) is 0 Å². The Morgan fingerprint density at radius 1 is 1.21 bits per heavy atom. The van der Waals surface area contributed by atoms with E-state index in [2.05, 4.69) is 38.0 Å². The van der Waals surface area contributed by atoms with Crippen LogP contribution in [0.4, 0.5) is 0 Å². The minimum Gasteiger partial charge on any atom is -0.316 e. The largest absolute Gasteiger partial charge is 0.316 e. The third-order valence-corrected chi connectivity index (χ3v) is 5.35. The highest BCUT2D eigenvalue weighted by Crippen LogP contribution is 2.40. The minimum atomic E-state index is 0.470. The summed E-state index contributed by atoms with van der Waals surface area (Å²) in [4.78, 5) is 2.81. The Bertz CT molecular complexity index is 270. The molecule has 0 radical (unpaired) electrons. The smallest absolute Gasteiger partial charge is 0.0156 e. The van der Waals surface area contributed by atoms with E-state index in [9.17, 15) is 0 Å². The summed E-state index contributed by atoms with van der Waals surface area (Å²) in [6.07, 6.45) is 9.82. The molecule has 2 unspecified atom stereocenters. The second kappa shape index (κ2) is 6.58. The summed E-state index contributed by atoms with van der Waals surface area (Å²) in [6.45, 7) is 9.88. The van der Waals surface area contributed by atoms with Crippen molar-refractivity contribution >= 4 is 0 Å². The fourth-order valence-corrected chi connectivity index (χ4v) is 4.13. The topological polar surface area (TPSA) is 15.3 Å². The van der Waals surface area contributed by atoms with E-state index in [-0.39, 0.29) is 0 Å². The molecule has 2 fully saturated rings. The molecule has 1 N–H and O–H groups in total. The number of hydrogen-bond acceptors (Lipinski definition) is 2. The molecule has 2 saturated carbocycles. The molecule has 0 aromatic heterocycles. The molecule has 0 aromatic rings. The average Bonchev–Trinajstić information content (AvgIpc) is 3.17. The van der Waals surface area contributed by atoms with Gasteiger partial charge in [-0.2, -0.15) is 0 Å². The van der Waals surface area contributed by atoms with Gasteiger partial charge >= 0.3 is 0 Å². The maximum Gasteiger partial charge on any atom is 0.0156 e. The maximum absolute atomic E-state index is 3.64. The molecule has 0 spiro atoms. The normalized spacial score (nSPS) is 30.8. The molecule has 2 rings (SSSR count). The van der Waals surface area contributed by atoms with Crippen molar-refractivity contribution in [3.05, 3.63) is 0 Å². The second-order valence-electron chi connectivity index (χ2n) is 7.49. The standard InChI is InChI=1S/C17H34N2/c1-5-6-12-19(15-9-10-15)13-14-8-7-11-17(2,3)16(14)18-4/h14-16,18H,5-13H2,1-4H3. The van der Waals surface area contributed by atoms with Crippen LogP contribution in [0, 0.1) is 11.3 Å². The zero-order valence-corrected chi connectivity index (χ0v) is 13.5. The summed E-state index contributed by atoms with van der Waals surface area (Å²) in [5, 5.41) is 3.64. The number of nitrogens with one attached hydrogen (secondary N) is 1. The number of hydrogen-bond donors (Lipinski definition) is 1. The Kier molecular flexibility index (Phi) is 5.30. The molecule has 0 aliphatic heterocycles. The van der Waals surface area contributed by atoms with Crippen LogP contribution < -0.4 is 5.32 Å². The van der Waals surface area contributed by atoms with Crippen molar-refractivity contribution in [2.24, 2.45) is 11.3 Å². The van der Waals surface area contributed by atoms with E-state index in [1.54, 1.807) is 0 Å². The van der Waals surface area contributed by atoms with E-state index in [1.807, 2.05) is 0 Å². The summed E-state index contributed by atoms with van der Waals surface area (Å²) in [7, 11) is 2.16. The van der Waals surface area contributed by atoms with Gasteiger partial charge in [-0.15, -0.1) is 0 Å². The van der Waals surface area contributed by atoms with E-state index in [4.69, 9.17) is 0 Å². The highest BCUT2D eigenvalue weighted by atomic mass is 15.2. The van der Waals surface area contributed by atoms with E-state index >= 15 is 0 Å². The molecule has 2 nitrogen and oxygen atoms in total. The van der Waals surface area contributed by atoms with Gasteiger partial charge in [0.1, 0.15) is 0 Å². The van der Waals surface area contributed by atoms with Crippen molar-refractivity contribution in [3.63, 3.8) is 0 Å². The highest BCUT2D eigenvalue weighted by molar-refractivity contribution is 4.95.